The van der Waals surface area contributed by atoms with Gasteiger partial charge in [-0.05, 0) is 42.0 Å². The SMILES string of the molecule is COc1cc(C2/C(=C(\O)c3ccc(Cl)cc3)C(=O)C(=O)N2CCOCCO)ccc1O. The van der Waals surface area contributed by atoms with Crippen molar-refractivity contribution < 1.29 is 34.4 Å². The van der Waals surface area contributed by atoms with Crippen molar-refractivity contribution in [3.05, 3.63) is 64.2 Å². The van der Waals surface area contributed by atoms with E-state index in [9.17, 15) is 19.8 Å². The van der Waals surface area contributed by atoms with E-state index in [1.165, 1.54) is 24.1 Å². The number of benzene rings is 2. The Morgan fingerprint density at radius 1 is 1.13 bits per heavy atom. The molecule has 0 saturated carbocycles. The molecule has 0 aliphatic carbocycles. The number of rotatable bonds is 8. The number of ketones is 1. The van der Waals surface area contributed by atoms with E-state index in [0.717, 1.165) is 0 Å². The van der Waals surface area contributed by atoms with E-state index in [0.29, 0.717) is 16.1 Å². The van der Waals surface area contributed by atoms with E-state index >= 15 is 0 Å². The number of aliphatic hydroxyl groups excluding tert-OH is 2. The summed E-state index contributed by atoms with van der Waals surface area (Å²) < 4.78 is 10.4. The van der Waals surface area contributed by atoms with Crippen LogP contribution in [0.3, 0.4) is 0 Å². The summed E-state index contributed by atoms with van der Waals surface area (Å²) in [7, 11) is 1.38. The Morgan fingerprint density at radius 3 is 2.48 bits per heavy atom. The largest absolute Gasteiger partial charge is 0.507 e. The molecule has 3 N–H and O–H groups in total. The molecular weight excluding hydrogens is 426 g/mol. The van der Waals surface area contributed by atoms with Crippen LogP contribution in [-0.4, -0.2) is 65.4 Å². The van der Waals surface area contributed by atoms with Gasteiger partial charge in [0.25, 0.3) is 11.7 Å². The molecule has 1 atom stereocenters. The number of Topliss-reactive ketones (excluding diaryl/α,β-unsaturated/α-hetero) is 1. The summed E-state index contributed by atoms with van der Waals surface area (Å²) in [6.45, 7) is 0.0521. The van der Waals surface area contributed by atoms with Crippen molar-refractivity contribution in [3.63, 3.8) is 0 Å². The van der Waals surface area contributed by atoms with Crippen LogP contribution in [0.1, 0.15) is 17.2 Å². The number of hydrogen-bond donors (Lipinski definition) is 3. The van der Waals surface area contributed by atoms with Crippen LogP contribution in [0.4, 0.5) is 0 Å². The number of aliphatic hydroxyl groups is 2. The number of carbonyl (C=O) groups excluding carboxylic acids is 2. The van der Waals surface area contributed by atoms with Crippen molar-refractivity contribution in [1.82, 2.24) is 4.90 Å². The van der Waals surface area contributed by atoms with Gasteiger partial charge in [-0.15, -0.1) is 0 Å². The molecule has 1 heterocycles. The first-order valence-corrected chi connectivity index (χ1v) is 9.86. The Labute approximate surface area is 183 Å². The van der Waals surface area contributed by atoms with Gasteiger partial charge in [-0.2, -0.15) is 0 Å². The van der Waals surface area contributed by atoms with Gasteiger partial charge in [-0.25, -0.2) is 0 Å². The quantitative estimate of drug-likeness (QED) is 0.246. The molecule has 9 heteroatoms. The van der Waals surface area contributed by atoms with Crippen molar-refractivity contribution in [3.8, 4) is 11.5 Å². The number of phenols is 1. The smallest absolute Gasteiger partial charge is 0.295 e. The first kappa shape index (κ1) is 22.6. The van der Waals surface area contributed by atoms with Crippen LogP contribution in [-0.2, 0) is 14.3 Å². The van der Waals surface area contributed by atoms with Crippen molar-refractivity contribution in [2.45, 2.75) is 6.04 Å². The summed E-state index contributed by atoms with van der Waals surface area (Å²) in [6, 6.07) is 9.73. The average Bonchev–Trinajstić information content (AvgIpc) is 3.02. The Bertz CT molecular complexity index is 1000. The molecule has 1 fully saturated rings. The fourth-order valence-electron chi connectivity index (χ4n) is 3.41. The highest BCUT2D eigenvalue weighted by atomic mass is 35.5. The van der Waals surface area contributed by atoms with Crippen LogP contribution in [0.15, 0.2) is 48.0 Å². The van der Waals surface area contributed by atoms with Gasteiger partial charge in [0.1, 0.15) is 5.76 Å². The zero-order valence-corrected chi connectivity index (χ0v) is 17.5. The second-order valence-corrected chi connectivity index (χ2v) is 7.20. The first-order valence-electron chi connectivity index (χ1n) is 9.49. The molecule has 8 nitrogen and oxygen atoms in total. The third-order valence-corrected chi connectivity index (χ3v) is 5.14. The van der Waals surface area contributed by atoms with Crippen molar-refractivity contribution >= 4 is 29.1 Å². The monoisotopic (exact) mass is 447 g/mol. The minimum atomic E-state index is -0.928. The number of methoxy groups -OCH3 is 1. The Hall–Kier alpha value is -3.07. The van der Waals surface area contributed by atoms with Gasteiger partial charge in [0, 0.05) is 17.1 Å². The van der Waals surface area contributed by atoms with E-state index in [1.54, 1.807) is 30.3 Å². The molecule has 31 heavy (non-hydrogen) atoms. The molecule has 0 aromatic heterocycles. The lowest BCUT2D eigenvalue weighted by molar-refractivity contribution is -0.140. The molecule has 1 unspecified atom stereocenters. The lowest BCUT2D eigenvalue weighted by Crippen LogP contribution is -2.33. The summed E-state index contributed by atoms with van der Waals surface area (Å²) in [5, 5.41) is 30.2. The summed E-state index contributed by atoms with van der Waals surface area (Å²) in [5.41, 5.74) is 0.698. The number of amides is 1. The van der Waals surface area contributed by atoms with Gasteiger partial charge in [0.05, 0.1) is 38.5 Å². The standard InChI is InChI=1S/C22H22ClNO7/c1-30-17-12-14(4-7-16(17)26)19-18(20(27)13-2-5-15(23)6-3-13)21(28)22(29)24(19)8-10-31-11-9-25/h2-7,12,19,25-27H,8-11H2,1H3/b20-18+. The minimum Gasteiger partial charge on any atom is -0.507 e. The molecule has 1 amide bonds. The molecule has 1 saturated heterocycles. The Balaban J connectivity index is 2.10. The number of nitrogens with zero attached hydrogens (tertiary/aromatic N) is 1. The van der Waals surface area contributed by atoms with Crippen LogP contribution in [0, 0.1) is 0 Å². The van der Waals surface area contributed by atoms with E-state index in [4.69, 9.17) is 26.2 Å². The molecule has 3 rings (SSSR count). The van der Waals surface area contributed by atoms with E-state index < -0.39 is 17.7 Å². The summed E-state index contributed by atoms with van der Waals surface area (Å²) in [4.78, 5) is 27.0. The highest BCUT2D eigenvalue weighted by Gasteiger charge is 2.46. The summed E-state index contributed by atoms with van der Waals surface area (Å²) >= 11 is 5.91. The number of aromatic hydroxyl groups is 1. The normalized spacial score (nSPS) is 17.9. The number of carbonyl (C=O) groups is 2. The third-order valence-electron chi connectivity index (χ3n) is 4.89. The van der Waals surface area contributed by atoms with Crippen LogP contribution >= 0.6 is 11.6 Å². The molecule has 1 aliphatic heterocycles. The zero-order valence-electron chi connectivity index (χ0n) is 16.7. The lowest BCUT2D eigenvalue weighted by atomic mass is 9.95. The second-order valence-electron chi connectivity index (χ2n) is 6.77. The molecule has 0 bridgehead atoms. The van der Waals surface area contributed by atoms with E-state index in [2.05, 4.69) is 0 Å². The van der Waals surface area contributed by atoms with Crippen molar-refractivity contribution in [1.29, 1.82) is 0 Å². The summed E-state index contributed by atoms with van der Waals surface area (Å²) in [5.74, 6) is -1.92. The fourth-order valence-corrected chi connectivity index (χ4v) is 3.54. The topological polar surface area (TPSA) is 117 Å². The van der Waals surface area contributed by atoms with E-state index in [1.807, 2.05) is 0 Å². The van der Waals surface area contributed by atoms with Crippen LogP contribution in [0.5, 0.6) is 11.5 Å². The highest BCUT2D eigenvalue weighted by Crippen LogP contribution is 2.41. The number of likely N-dealkylation sites (tertiary alicyclic amines) is 1. The predicted molar refractivity (Wildman–Crippen MR) is 113 cm³/mol. The molecule has 0 radical (unpaired) electrons. The lowest BCUT2D eigenvalue weighted by Gasteiger charge is -2.25. The van der Waals surface area contributed by atoms with Crippen LogP contribution < -0.4 is 4.74 Å². The Kier molecular flexibility index (Phi) is 7.17. The van der Waals surface area contributed by atoms with Crippen LogP contribution in [0.25, 0.3) is 5.76 Å². The maximum atomic E-state index is 12.9. The molecule has 2 aromatic rings. The maximum absolute atomic E-state index is 12.9. The maximum Gasteiger partial charge on any atom is 0.295 e. The van der Waals surface area contributed by atoms with Gasteiger partial charge in [0.15, 0.2) is 11.5 Å². The van der Waals surface area contributed by atoms with Crippen molar-refractivity contribution in [2.24, 2.45) is 0 Å². The minimum absolute atomic E-state index is 0.0514. The molecule has 164 valence electrons. The average molecular weight is 448 g/mol. The summed E-state index contributed by atoms with van der Waals surface area (Å²) in [6.07, 6.45) is 0. The van der Waals surface area contributed by atoms with Gasteiger partial charge in [-0.1, -0.05) is 17.7 Å². The third kappa shape index (κ3) is 4.66. The van der Waals surface area contributed by atoms with Gasteiger partial charge in [-0.3, -0.25) is 9.59 Å². The number of phenolic OH excluding ortho intramolecular Hbond substituents is 1. The predicted octanol–water partition coefficient (Wildman–Crippen LogP) is 2.48. The van der Waals surface area contributed by atoms with E-state index in [-0.39, 0.29) is 49.2 Å². The molecule has 1 aliphatic rings. The Morgan fingerprint density at radius 2 is 1.84 bits per heavy atom. The van der Waals surface area contributed by atoms with Gasteiger partial charge < -0.3 is 29.7 Å². The zero-order chi connectivity index (χ0) is 22.5. The van der Waals surface area contributed by atoms with Crippen LogP contribution in [0.2, 0.25) is 5.02 Å². The highest BCUT2D eigenvalue weighted by molar-refractivity contribution is 6.46. The first-order chi connectivity index (χ1) is 14.9. The molecule has 2 aromatic carbocycles. The molecule has 0 spiro atoms. The number of hydrogen-bond acceptors (Lipinski definition) is 7. The van der Waals surface area contributed by atoms with Gasteiger partial charge in [0.2, 0.25) is 0 Å². The number of halogens is 1. The molecular formula is C22H22ClNO7. The second kappa shape index (κ2) is 9.82. The van der Waals surface area contributed by atoms with Gasteiger partial charge >= 0.3 is 0 Å². The fraction of sp³-hybridized carbons (Fsp3) is 0.273. The number of ether oxygens (including phenoxy) is 2. The van der Waals surface area contributed by atoms with Crippen molar-refractivity contribution in [2.75, 3.05) is 33.5 Å².